The molecule has 162 valence electrons. The first-order valence-electron chi connectivity index (χ1n) is 10.3. The Balaban J connectivity index is 1.60. The number of amides is 1. The van der Waals surface area contributed by atoms with E-state index in [1.807, 2.05) is 76.2 Å². The number of halogens is 2. The third-order valence-electron chi connectivity index (χ3n) is 5.35. The summed E-state index contributed by atoms with van der Waals surface area (Å²) >= 11 is 12.4. The van der Waals surface area contributed by atoms with Crippen molar-refractivity contribution in [2.45, 2.75) is 0 Å². The van der Waals surface area contributed by atoms with Gasteiger partial charge in [-0.3, -0.25) is 9.36 Å². The molecule has 0 saturated carbocycles. The zero-order chi connectivity index (χ0) is 22.1. The number of aromatic nitrogens is 2. The van der Waals surface area contributed by atoms with Crippen LogP contribution in [-0.4, -0.2) is 46.7 Å². The Kier molecular flexibility index (Phi) is 5.74. The Morgan fingerprint density at radius 2 is 1.69 bits per heavy atom. The summed E-state index contributed by atoms with van der Waals surface area (Å²) in [4.78, 5) is 19.6. The van der Waals surface area contributed by atoms with Crippen LogP contribution in [0.15, 0.2) is 66.7 Å². The first-order chi connectivity index (χ1) is 15.6. The van der Waals surface area contributed by atoms with E-state index in [1.165, 1.54) is 0 Å². The SMILES string of the molecule is O=C(c1ccc2c(c1)nc(Nc1cccc(Cl)c1)n2-c1cccc(Cl)c1)N1CCOCC1. The highest BCUT2D eigenvalue weighted by Crippen LogP contribution is 2.30. The van der Waals surface area contributed by atoms with Crippen LogP contribution in [0.1, 0.15) is 10.4 Å². The van der Waals surface area contributed by atoms with Crippen LogP contribution >= 0.6 is 23.2 Å². The molecule has 0 unspecified atom stereocenters. The van der Waals surface area contributed by atoms with E-state index in [4.69, 9.17) is 32.9 Å². The number of morpholine rings is 1. The number of carbonyl (C=O) groups excluding carboxylic acids is 1. The average molecular weight is 467 g/mol. The molecule has 1 aromatic heterocycles. The van der Waals surface area contributed by atoms with E-state index in [2.05, 4.69) is 5.32 Å². The second kappa shape index (κ2) is 8.82. The van der Waals surface area contributed by atoms with Gasteiger partial charge in [-0.15, -0.1) is 0 Å². The van der Waals surface area contributed by atoms with Crippen LogP contribution in [-0.2, 0) is 4.74 Å². The molecular weight excluding hydrogens is 447 g/mol. The molecule has 1 saturated heterocycles. The summed E-state index contributed by atoms with van der Waals surface area (Å²) in [6.45, 7) is 2.31. The number of hydrogen-bond acceptors (Lipinski definition) is 4. The van der Waals surface area contributed by atoms with E-state index in [-0.39, 0.29) is 5.91 Å². The first kappa shape index (κ1) is 20.8. The van der Waals surface area contributed by atoms with E-state index >= 15 is 0 Å². The molecule has 1 aliphatic rings. The molecule has 1 aliphatic heterocycles. The molecule has 2 heterocycles. The van der Waals surface area contributed by atoms with Gasteiger partial charge in [0.2, 0.25) is 5.95 Å². The Bertz CT molecular complexity index is 1300. The monoisotopic (exact) mass is 466 g/mol. The van der Waals surface area contributed by atoms with Crippen molar-refractivity contribution in [3.05, 3.63) is 82.3 Å². The molecule has 0 radical (unpaired) electrons. The van der Waals surface area contributed by atoms with Gasteiger partial charge in [-0.2, -0.15) is 0 Å². The minimum Gasteiger partial charge on any atom is -0.378 e. The standard InChI is InChI=1S/C24H20Cl2N4O2/c25-17-3-1-5-19(14-17)27-24-28-21-13-16(23(31)29-9-11-32-12-10-29)7-8-22(21)30(24)20-6-2-4-18(26)15-20/h1-8,13-15H,9-12H2,(H,27,28). The molecule has 4 aromatic rings. The first-order valence-corrected chi connectivity index (χ1v) is 11.0. The number of ether oxygens (including phenoxy) is 1. The number of carbonyl (C=O) groups is 1. The summed E-state index contributed by atoms with van der Waals surface area (Å²) in [5.41, 5.74) is 3.82. The van der Waals surface area contributed by atoms with Crippen molar-refractivity contribution in [3.8, 4) is 5.69 Å². The Morgan fingerprint density at radius 3 is 2.44 bits per heavy atom. The fourth-order valence-corrected chi connectivity index (χ4v) is 4.19. The van der Waals surface area contributed by atoms with Crippen molar-refractivity contribution >= 4 is 51.8 Å². The number of nitrogens with one attached hydrogen (secondary N) is 1. The van der Waals surface area contributed by atoms with E-state index in [1.54, 1.807) is 0 Å². The predicted molar refractivity (Wildman–Crippen MR) is 128 cm³/mol. The zero-order valence-corrected chi connectivity index (χ0v) is 18.6. The number of rotatable bonds is 4. The molecule has 8 heteroatoms. The molecule has 0 spiro atoms. The van der Waals surface area contributed by atoms with E-state index in [0.29, 0.717) is 53.4 Å². The average Bonchev–Trinajstić information content (AvgIpc) is 3.16. The van der Waals surface area contributed by atoms with Gasteiger partial charge < -0.3 is 15.0 Å². The number of imidazole rings is 1. The number of benzene rings is 3. The fraction of sp³-hybridized carbons (Fsp3) is 0.167. The maximum Gasteiger partial charge on any atom is 0.254 e. The van der Waals surface area contributed by atoms with Gasteiger partial charge in [-0.1, -0.05) is 35.3 Å². The minimum atomic E-state index is -0.0168. The molecule has 0 aliphatic carbocycles. The summed E-state index contributed by atoms with van der Waals surface area (Å²) in [5.74, 6) is 0.581. The molecule has 0 bridgehead atoms. The van der Waals surface area contributed by atoms with Gasteiger partial charge in [-0.05, 0) is 54.6 Å². The Hall–Kier alpha value is -3.06. The zero-order valence-electron chi connectivity index (χ0n) is 17.1. The Morgan fingerprint density at radius 1 is 0.938 bits per heavy atom. The minimum absolute atomic E-state index is 0.0168. The molecule has 5 rings (SSSR count). The lowest BCUT2D eigenvalue weighted by Crippen LogP contribution is -2.40. The Labute approximate surface area is 195 Å². The van der Waals surface area contributed by atoms with Crippen molar-refractivity contribution in [2.75, 3.05) is 31.6 Å². The van der Waals surface area contributed by atoms with E-state index in [0.717, 1.165) is 16.9 Å². The van der Waals surface area contributed by atoms with Gasteiger partial charge in [0.1, 0.15) is 0 Å². The molecule has 1 N–H and O–H groups in total. The summed E-state index contributed by atoms with van der Waals surface area (Å²) in [5, 5.41) is 4.59. The van der Waals surface area contributed by atoms with Gasteiger partial charge in [0, 0.05) is 34.4 Å². The number of hydrogen-bond donors (Lipinski definition) is 1. The smallest absolute Gasteiger partial charge is 0.254 e. The summed E-state index contributed by atoms with van der Waals surface area (Å²) in [6, 6.07) is 20.6. The van der Waals surface area contributed by atoms with Crippen LogP contribution in [0, 0.1) is 0 Å². The lowest BCUT2D eigenvalue weighted by molar-refractivity contribution is 0.0303. The lowest BCUT2D eigenvalue weighted by Gasteiger charge is -2.26. The second-order valence-electron chi connectivity index (χ2n) is 7.49. The van der Waals surface area contributed by atoms with Crippen molar-refractivity contribution in [2.24, 2.45) is 0 Å². The third-order valence-corrected chi connectivity index (χ3v) is 5.82. The molecule has 6 nitrogen and oxygen atoms in total. The van der Waals surface area contributed by atoms with Crippen molar-refractivity contribution < 1.29 is 9.53 Å². The second-order valence-corrected chi connectivity index (χ2v) is 8.37. The van der Waals surface area contributed by atoms with Gasteiger partial charge in [0.25, 0.3) is 5.91 Å². The molecule has 0 atom stereocenters. The highest BCUT2D eigenvalue weighted by molar-refractivity contribution is 6.31. The lowest BCUT2D eigenvalue weighted by atomic mass is 10.1. The van der Waals surface area contributed by atoms with Crippen molar-refractivity contribution in [1.82, 2.24) is 14.5 Å². The normalized spacial score (nSPS) is 14.0. The van der Waals surface area contributed by atoms with Crippen molar-refractivity contribution in [3.63, 3.8) is 0 Å². The number of fused-ring (bicyclic) bond motifs is 1. The molecule has 1 amide bonds. The highest BCUT2D eigenvalue weighted by Gasteiger charge is 2.21. The topological polar surface area (TPSA) is 59.4 Å². The quantitative estimate of drug-likeness (QED) is 0.428. The molecule has 3 aromatic carbocycles. The van der Waals surface area contributed by atoms with Gasteiger partial charge in [0.15, 0.2) is 0 Å². The van der Waals surface area contributed by atoms with Crippen LogP contribution in [0.2, 0.25) is 10.0 Å². The number of nitrogens with zero attached hydrogens (tertiary/aromatic N) is 3. The fourth-order valence-electron chi connectivity index (χ4n) is 3.82. The van der Waals surface area contributed by atoms with Gasteiger partial charge >= 0.3 is 0 Å². The maximum atomic E-state index is 13.0. The van der Waals surface area contributed by atoms with Gasteiger partial charge in [-0.25, -0.2) is 4.98 Å². The third kappa shape index (κ3) is 4.17. The van der Waals surface area contributed by atoms with Crippen LogP contribution in [0.3, 0.4) is 0 Å². The largest absolute Gasteiger partial charge is 0.378 e. The molecular formula is C24H20Cl2N4O2. The predicted octanol–water partition coefficient (Wildman–Crippen LogP) is 5.55. The molecule has 1 fully saturated rings. The summed E-state index contributed by atoms with van der Waals surface area (Å²) in [6.07, 6.45) is 0. The van der Waals surface area contributed by atoms with Crippen LogP contribution < -0.4 is 5.32 Å². The van der Waals surface area contributed by atoms with Crippen LogP contribution in [0.25, 0.3) is 16.7 Å². The van der Waals surface area contributed by atoms with Crippen LogP contribution in [0.4, 0.5) is 11.6 Å². The van der Waals surface area contributed by atoms with Crippen molar-refractivity contribution in [1.29, 1.82) is 0 Å². The summed E-state index contributed by atoms with van der Waals surface area (Å²) < 4.78 is 7.34. The summed E-state index contributed by atoms with van der Waals surface area (Å²) in [7, 11) is 0. The van der Waals surface area contributed by atoms with E-state index in [9.17, 15) is 4.79 Å². The van der Waals surface area contributed by atoms with Crippen LogP contribution in [0.5, 0.6) is 0 Å². The molecule has 32 heavy (non-hydrogen) atoms. The highest BCUT2D eigenvalue weighted by atomic mass is 35.5. The number of anilines is 2. The van der Waals surface area contributed by atoms with Gasteiger partial charge in [0.05, 0.1) is 29.9 Å². The van der Waals surface area contributed by atoms with E-state index < -0.39 is 0 Å². The maximum absolute atomic E-state index is 13.0.